The van der Waals surface area contributed by atoms with E-state index in [1.165, 1.54) is 7.11 Å². The van der Waals surface area contributed by atoms with Crippen LogP contribution in [0, 0.1) is 0 Å². The summed E-state index contributed by atoms with van der Waals surface area (Å²) in [5, 5.41) is 3.26. The summed E-state index contributed by atoms with van der Waals surface area (Å²) in [5.74, 6) is -0.477. The number of aromatic nitrogens is 1. The molecule has 2 rings (SSSR count). The Morgan fingerprint density at radius 3 is 2.26 bits per heavy atom. The standard InChI is InChI=1S/C15H16N2O2/c1-11(15(18)19-2)12-3-5-13(6-4-12)17-14-7-9-16-10-8-14/h3-11H,1-2H3,(H,16,17)/t11-/m0/s1. The lowest BCUT2D eigenvalue weighted by Gasteiger charge is -2.11. The highest BCUT2D eigenvalue weighted by atomic mass is 16.5. The van der Waals surface area contributed by atoms with Crippen molar-refractivity contribution < 1.29 is 9.53 Å². The lowest BCUT2D eigenvalue weighted by atomic mass is 10.0. The molecular weight excluding hydrogens is 240 g/mol. The molecule has 0 unspecified atom stereocenters. The van der Waals surface area contributed by atoms with Crippen LogP contribution in [0.2, 0.25) is 0 Å². The van der Waals surface area contributed by atoms with Crippen molar-refractivity contribution in [1.82, 2.24) is 4.98 Å². The van der Waals surface area contributed by atoms with E-state index < -0.39 is 0 Å². The first-order valence-electron chi connectivity index (χ1n) is 6.05. The number of hydrogen-bond donors (Lipinski definition) is 1. The third-order valence-electron chi connectivity index (χ3n) is 2.93. The molecule has 1 aromatic carbocycles. The number of hydrogen-bond acceptors (Lipinski definition) is 4. The van der Waals surface area contributed by atoms with Gasteiger partial charge in [0.1, 0.15) is 0 Å². The summed E-state index contributed by atoms with van der Waals surface area (Å²) >= 11 is 0. The van der Waals surface area contributed by atoms with Crippen LogP contribution in [-0.4, -0.2) is 18.1 Å². The van der Waals surface area contributed by atoms with Gasteiger partial charge >= 0.3 is 5.97 Å². The van der Waals surface area contributed by atoms with Crippen molar-refractivity contribution in [3.63, 3.8) is 0 Å². The molecule has 0 bridgehead atoms. The van der Waals surface area contributed by atoms with Crippen molar-refractivity contribution in [2.75, 3.05) is 12.4 Å². The van der Waals surface area contributed by atoms with Gasteiger partial charge < -0.3 is 10.1 Å². The molecule has 1 N–H and O–H groups in total. The zero-order valence-electron chi connectivity index (χ0n) is 11.0. The Morgan fingerprint density at radius 1 is 1.11 bits per heavy atom. The minimum absolute atomic E-state index is 0.227. The fraction of sp³-hybridized carbons (Fsp3) is 0.200. The van der Waals surface area contributed by atoms with Crippen LogP contribution in [0.5, 0.6) is 0 Å². The van der Waals surface area contributed by atoms with Crippen LogP contribution in [0.3, 0.4) is 0 Å². The SMILES string of the molecule is COC(=O)[C@@H](C)c1ccc(Nc2ccncc2)cc1. The number of nitrogens with one attached hydrogen (secondary N) is 1. The molecule has 0 saturated heterocycles. The predicted octanol–water partition coefficient (Wildman–Crippen LogP) is 3.10. The maximum Gasteiger partial charge on any atom is 0.312 e. The monoisotopic (exact) mass is 256 g/mol. The second-order valence-electron chi connectivity index (χ2n) is 4.23. The molecule has 0 aliphatic rings. The van der Waals surface area contributed by atoms with Crippen molar-refractivity contribution in [1.29, 1.82) is 0 Å². The molecule has 98 valence electrons. The molecule has 0 spiro atoms. The normalized spacial score (nSPS) is 11.7. The van der Waals surface area contributed by atoms with Crippen LogP contribution in [0.4, 0.5) is 11.4 Å². The number of benzene rings is 1. The highest BCUT2D eigenvalue weighted by Gasteiger charge is 2.14. The molecule has 0 radical (unpaired) electrons. The molecule has 0 fully saturated rings. The van der Waals surface area contributed by atoms with Gasteiger partial charge in [0.15, 0.2) is 0 Å². The van der Waals surface area contributed by atoms with Crippen molar-refractivity contribution >= 4 is 17.3 Å². The third-order valence-corrected chi connectivity index (χ3v) is 2.93. The molecular formula is C15H16N2O2. The molecule has 4 heteroatoms. The van der Waals surface area contributed by atoms with Gasteiger partial charge in [0.05, 0.1) is 13.0 Å². The van der Waals surface area contributed by atoms with Crippen LogP contribution in [0.1, 0.15) is 18.4 Å². The number of ether oxygens (including phenoxy) is 1. The summed E-state index contributed by atoms with van der Waals surface area (Å²) in [5.41, 5.74) is 2.88. The summed E-state index contributed by atoms with van der Waals surface area (Å²) < 4.78 is 4.73. The molecule has 0 amide bonds. The largest absolute Gasteiger partial charge is 0.469 e. The van der Waals surface area contributed by atoms with Gasteiger partial charge in [-0.05, 0) is 36.8 Å². The first-order valence-corrected chi connectivity index (χ1v) is 6.05. The fourth-order valence-corrected chi connectivity index (χ4v) is 1.77. The first-order chi connectivity index (χ1) is 9.20. The van der Waals surface area contributed by atoms with E-state index in [0.717, 1.165) is 16.9 Å². The van der Waals surface area contributed by atoms with Crippen LogP contribution in [0.25, 0.3) is 0 Å². The van der Waals surface area contributed by atoms with Crippen LogP contribution in [-0.2, 0) is 9.53 Å². The number of methoxy groups -OCH3 is 1. The van der Waals surface area contributed by atoms with Gasteiger partial charge in [-0.1, -0.05) is 12.1 Å². The number of esters is 1. The van der Waals surface area contributed by atoms with E-state index in [1.54, 1.807) is 12.4 Å². The molecule has 19 heavy (non-hydrogen) atoms. The van der Waals surface area contributed by atoms with E-state index in [0.29, 0.717) is 0 Å². The van der Waals surface area contributed by atoms with Gasteiger partial charge in [-0.15, -0.1) is 0 Å². The summed E-state index contributed by atoms with van der Waals surface area (Å²) in [6, 6.07) is 11.5. The molecule has 2 aromatic rings. The van der Waals surface area contributed by atoms with Gasteiger partial charge in [-0.3, -0.25) is 9.78 Å². The summed E-state index contributed by atoms with van der Waals surface area (Å²) in [4.78, 5) is 15.4. The van der Waals surface area contributed by atoms with Gasteiger partial charge in [0.2, 0.25) is 0 Å². The van der Waals surface area contributed by atoms with Gasteiger partial charge in [0.25, 0.3) is 0 Å². The van der Waals surface area contributed by atoms with Crippen LogP contribution < -0.4 is 5.32 Å². The van der Waals surface area contributed by atoms with E-state index in [-0.39, 0.29) is 11.9 Å². The Morgan fingerprint density at radius 2 is 1.68 bits per heavy atom. The summed E-state index contributed by atoms with van der Waals surface area (Å²) in [7, 11) is 1.40. The maximum absolute atomic E-state index is 11.4. The Balaban J connectivity index is 2.08. The average molecular weight is 256 g/mol. The minimum atomic E-state index is -0.250. The molecule has 0 aliphatic carbocycles. The van der Waals surface area contributed by atoms with Crippen LogP contribution in [0.15, 0.2) is 48.8 Å². The highest BCUT2D eigenvalue weighted by molar-refractivity contribution is 5.77. The Bertz CT molecular complexity index is 538. The minimum Gasteiger partial charge on any atom is -0.469 e. The molecule has 1 aromatic heterocycles. The lowest BCUT2D eigenvalue weighted by Crippen LogP contribution is -2.10. The highest BCUT2D eigenvalue weighted by Crippen LogP contribution is 2.21. The third kappa shape index (κ3) is 3.31. The predicted molar refractivity (Wildman–Crippen MR) is 74.4 cm³/mol. The number of anilines is 2. The van der Waals surface area contributed by atoms with Gasteiger partial charge in [0, 0.05) is 23.8 Å². The Kier molecular flexibility index (Phi) is 4.13. The number of carbonyl (C=O) groups excluding carboxylic acids is 1. The zero-order chi connectivity index (χ0) is 13.7. The van der Waals surface area contributed by atoms with Crippen LogP contribution >= 0.6 is 0 Å². The van der Waals surface area contributed by atoms with E-state index in [2.05, 4.69) is 10.3 Å². The Hall–Kier alpha value is -2.36. The number of pyridine rings is 1. The number of carbonyl (C=O) groups is 1. The van der Waals surface area contributed by atoms with Crippen molar-refractivity contribution in [2.24, 2.45) is 0 Å². The lowest BCUT2D eigenvalue weighted by molar-refractivity contribution is -0.141. The second kappa shape index (κ2) is 6.00. The van der Waals surface area contributed by atoms with E-state index in [9.17, 15) is 4.79 Å². The summed E-state index contributed by atoms with van der Waals surface area (Å²) in [6.07, 6.45) is 3.46. The topological polar surface area (TPSA) is 51.2 Å². The average Bonchev–Trinajstić information content (AvgIpc) is 2.47. The quantitative estimate of drug-likeness (QED) is 0.854. The molecule has 0 aliphatic heterocycles. The maximum atomic E-state index is 11.4. The fourth-order valence-electron chi connectivity index (χ4n) is 1.77. The van der Waals surface area contributed by atoms with Crippen molar-refractivity contribution in [3.8, 4) is 0 Å². The molecule has 4 nitrogen and oxygen atoms in total. The van der Waals surface area contributed by atoms with Gasteiger partial charge in [-0.25, -0.2) is 0 Å². The first kappa shape index (κ1) is 13.1. The summed E-state index contributed by atoms with van der Waals surface area (Å²) in [6.45, 7) is 1.83. The molecule has 1 atom stereocenters. The second-order valence-corrected chi connectivity index (χ2v) is 4.23. The zero-order valence-corrected chi connectivity index (χ0v) is 11.0. The molecule has 0 saturated carbocycles. The molecule has 1 heterocycles. The van der Waals surface area contributed by atoms with E-state index in [1.807, 2.05) is 43.3 Å². The number of nitrogens with zero attached hydrogens (tertiary/aromatic N) is 1. The van der Waals surface area contributed by atoms with Crippen molar-refractivity contribution in [2.45, 2.75) is 12.8 Å². The van der Waals surface area contributed by atoms with Crippen molar-refractivity contribution in [3.05, 3.63) is 54.4 Å². The van der Waals surface area contributed by atoms with E-state index in [4.69, 9.17) is 4.74 Å². The van der Waals surface area contributed by atoms with Gasteiger partial charge in [-0.2, -0.15) is 0 Å². The Labute approximate surface area is 112 Å². The van der Waals surface area contributed by atoms with E-state index >= 15 is 0 Å². The number of rotatable bonds is 4. The smallest absolute Gasteiger partial charge is 0.312 e.